The molecule has 0 aliphatic carbocycles. The summed E-state index contributed by atoms with van der Waals surface area (Å²) in [7, 11) is 0. The van der Waals surface area contributed by atoms with Gasteiger partial charge in [0, 0.05) is 20.8 Å². The normalized spacial score (nSPS) is 30.3. The van der Waals surface area contributed by atoms with Crippen molar-refractivity contribution in [3.8, 4) is 0 Å². The van der Waals surface area contributed by atoms with Gasteiger partial charge in [-0.25, -0.2) is 0 Å². The van der Waals surface area contributed by atoms with E-state index in [1.54, 1.807) is 0 Å². The first-order valence-corrected chi connectivity index (χ1v) is 6.14. The van der Waals surface area contributed by atoms with E-state index in [1.165, 1.54) is 20.8 Å². The van der Waals surface area contributed by atoms with E-state index < -0.39 is 41.7 Å². The summed E-state index contributed by atoms with van der Waals surface area (Å²) < 4.78 is 20.3. The van der Waals surface area contributed by atoms with Gasteiger partial charge in [-0.3, -0.25) is 14.4 Å². The third-order valence-corrected chi connectivity index (χ3v) is 2.77. The average molecular weight is 292 g/mol. The number of carbonyl (C=O) groups is 3. The lowest BCUT2D eigenvalue weighted by atomic mass is 10.1. The first kappa shape index (κ1) is 15.8. The molecule has 0 spiro atoms. The fourth-order valence-corrected chi connectivity index (χ4v) is 2.04. The highest BCUT2D eigenvalue weighted by molar-refractivity contribution is 7.80. The minimum absolute atomic E-state index is 0.00343. The van der Waals surface area contributed by atoms with Crippen LogP contribution in [0.2, 0.25) is 0 Å². The van der Waals surface area contributed by atoms with Crippen LogP contribution in [0.15, 0.2) is 0 Å². The molecular formula is C11H16O7S. The molecule has 0 amide bonds. The quantitative estimate of drug-likeness (QED) is 0.447. The molecule has 7 nitrogen and oxygen atoms in total. The number of hydrogen-bond acceptors (Lipinski definition) is 8. The zero-order chi connectivity index (χ0) is 14.6. The number of esters is 3. The van der Waals surface area contributed by atoms with Crippen molar-refractivity contribution in [2.24, 2.45) is 0 Å². The van der Waals surface area contributed by atoms with E-state index in [0.29, 0.717) is 0 Å². The van der Waals surface area contributed by atoms with E-state index >= 15 is 0 Å². The Labute approximate surface area is 115 Å². The van der Waals surface area contributed by atoms with Crippen LogP contribution in [-0.2, 0) is 33.3 Å². The van der Waals surface area contributed by atoms with Crippen molar-refractivity contribution >= 4 is 30.5 Å². The van der Waals surface area contributed by atoms with Gasteiger partial charge in [0.1, 0.15) is 5.44 Å². The maximum atomic E-state index is 11.1. The van der Waals surface area contributed by atoms with Crippen molar-refractivity contribution in [2.45, 2.75) is 44.5 Å². The Morgan fingerprint density at radius 2 is 1.42 bits per heavy atom. The predicted octanol–water partition coefficient (Wildman–Crippen LogP) is 0.0676. The zero-order valence-corrected chi connectivity index (χ0v) is 11.7. The molecule has 1 heterocycles. The van der Waals surface area contributed by atoms with Crippen molar-refractivity contribution in [2.75, 3.05) is 6.61 Å². The molecule has 108 valence electrons. The third-order valence-electron chi connectivity index (χ3n) is 2.32. The van der Waals surface area contributed by atoms with Crippen LogP contribution < -0.4 is 0 Å². The fraction of sp³-hybridized carbons (Fsp3) is 0.727. The van der Waals surface area contributed by atoms with Crippen LogP contribution in [0.4, 0.5) is 0 Å². The van der Waals surface area contributed by atoms with Crippen molar-refractivity contribution in [3.05, 3.63) is 0 Å². The first-order chi connectivity index (χ1) is 8.81. The lowest BCUT2D eigenvalue weighted by Gasteiger charge is -2.38. The number of hydrogen-bond donors (Lipinski definition) is 1. The Balaban J connectivity index is 2.89. The first-order valence-electron chi connectivity index (χ1n) is 5.62. The highest BCUT2D eigenvalue weighted by Crippen LogP contribution is 2.26. The van der Waals surface area contributed by atoms with E-state index in [1.807, 2.05) is 0 Å². The van der Waals surface area contributed by atoms with Crippen LogP contribution in [0, 0.1) is 0 Å². The number of thiol groups is 1. The standard InChI is InChI=1S/C11H16O7S/c1-5(12)16-8-4-15-11(19)10(18-7(3)14)9(8)17-6(2)13/h8-11,19H,4H2,1-3H3/t8-,9-,10+,11-/m0/s1. The van der Waals surface area contributed by atoms with Gasteiger partial charge in [0.05, 0.1) is 6.61 Å². The second kappa shape index (κ2) is 6.76. The van der Waals surface area contributed by atoms with Crippen LogP contribution in [0.5, 0.6) is 0 Å². The maximum absolute atomic E-state index is 11.1. The number of rotatable bonds is 3. The summed E-state index contributed by atoms with van der Waals surface area (Å²) in [6, 6.07) is 0. The van der Waals surface area contributed by atoms with Gasteiger partial charge in [0.15, 0.2) is 18.3 Å². The van der Waals surface area contributed by atoms with Gasteiger partial charge >= 0.3 is 17.9 Å². The molecule has 1 rings (SSSR count). The molecule has 19 heavy (non-hydrogen) atoms. The minimum atomic E-state index is -0.943. The molecule has 0 N–H and O–H groups in total. The van der Waals surface area contributed by atoms with Crippen LogP contribution >= 0.6 is 12.6 Å². The molecular weight excluding hydrogens is 276 g/mol. The predicted molar refractivity (Wildman–Crippen MR) is 65.4 cm³/mol. The van der Waals surface area contributed by atoms with Crippen LogP contribution in [-0.4, -0.2) is 48.3 Å². The monoisotopic (exact) mass is 292 g/mol. The molecule has 0 saturated carbocycles. The molecule has 1 aliphatic rings. The van der Waals surface area contributed by atoms with E-state index in [-0.39, 0.29) is 6.61 Å². The molecule has 8 heteroatoms. The van der Waals surface area contributed by atoms with E-state index in [9.17, 15) is 14.4 Å². The van der Waals surface area contributed by atoms with E-state index in [2.05, 4.69) is 12.6 Å². The number of ether oxygens (including phenoxy) is 4. The minimum Gasteiger partial charge on any atom is -0.456 e. The Morgan fingerprint density at radius 1 is 0.947 bits per heavy atom. The lowest BCUT2D eigenvalue weighted by Crippen LogP contribution is -2.55. The van der Waals surface area contributed by atoms with Crippen molar-refractivity contribution in [1.29, 1.82) is 0 Å². The summed E-state index contributed by atoms with van der Waals surface area (Å²) >= 11 is 4.11. The summed E-state index contributed by atoms with van der Waals surface area (Å²) in [5.74, 6) is -1.71. The molecule has 1 saturated heterocycles. The highest BCUT2D eigenvalue weighted by atomic mass is 32.1. The second-order valence-electron chi connectivity index (χ2n) is 4.02. The van der Waals surface area contributed by atoms with Gasteiger partial charge in [-0.1, -0.05) is 0 Å². The molecule has 1 aliphatic heterocycles. The van der Waals surface area contributed by atoms with Gasteiger partial charge in [-0.05, 0) is 0 Å². The molecule has 0 aromatic rings. The Morgan fingerprint density at radius 3 is 1.89 bits per heavy atom. The van der Waals surface area contributed by atoms with Gasteiger partial charge in [0.2, 0.25) is 0 Å². The molecule has 0 aromatic carbocycles. The topological polar surface area (TPSA) is 88.1 Å². The van der Waals surface area contributed by atoms with E-state index in [0.717, 1.165) is 0 Å². The van der Waals surface area contributed by atoms with Crippen molar-refractivity contribution in [1.82, 2.24) is 0 Å². The largest absolute Gasteiger partial charge is 0.456 e. The Hall–Kier alpha value is -1.28. The summed E-state index contributed by atoms with van der Waals surface area (Å²) in [5, 5.41) is 0. The average Bonchev–Trinajstić information content (AvgIpc) is 2.25. The number of carbonyl (C=O) groups excluding carboxylic acids is 3. The molecule has 4 atom stereocenters. The van der Waals surface area contributed by atoms with Crippen LogP contribution in [0.25, 0.3) is 0 Å². The molecule has 0 radical (unpaired) electrons. The van der Waals surface area contributed by atoms with Crippen LogP contribution in [0.1, 0.15) is 20.8 Å². The molecule has 0 unspecified atom stereocenters. The van der Waals surface area contributed by atoms with Gasteiger partial charge < -0.3 is 18.9 Å². The van der Waals surface area contributed by atoms with Gasteiger partial charge in [0.25, 0.3) is 0 Å². The summed E-state index contributed by atoms with van der Waals surface area (Å²) in [5.41, 5.74) is -0.764. The van der Waals surface area contributed by atoms with Crippen molar-refractivity contribution < 1.29 is 33.3 Å². The highest BCUT2D eigenvalue weighted by Gasteiger charge is 2.45. The second-order valence-corrected chi connectivity index (χ2v) is 4.53. The van der Waals surface area contributed by atoms with Crippen molar-refractivity contribution in [3.63, 3.8) is 0 Å². The maximum Gasteiger partial charge on any atom is 0.303 e. The van der Waals surface area contributed by atoms with Crippen LogP contribution in [0.3, 0.4) is 0 Å². The van der Waals surface area contributed by atoms with E-state index in [4.69, 9.17) is 18.9 Å². The smallest absolute Gasteiger partial charge is 0.303 e. The Kier molecular flexibility index (Phi) is 5.61. The van der Waals surface area contributed by atoms with Gasteiger partial charge in [-0.15, -0.1) is 12.6 Å². The Bertz CT molecular complexity index is 370. The molecule has 0 aromatic heterocycles. The molecule has 1 fully saturated rings. The zero-order valence-electron chi connectivity index (χ0n) is 10.8. The summed E-state index contributed by atoms with van der Waals surface area (Å²) in [6.45, 7) is 3.64. The SMILES string of the molecule is CC(=O)O[C@@H]1[C@@H](OC(C)=O)[C@@H](OC(C)=O)CO[C@H]1S. The summed E-state index contributed by atoms with van der Waals surface area (Å²) in [6.07, 6.45) is -2.72. The van der Waals surface area contributed by atoms with Gasteiger partial charge in [-0.2, -0.15) is 0 Å². The third kappa shape index (κ3) is 4.71. The fourth-order valence-electron chi connectivity index (χ4n) is 1.72. The molecule has 0 bridgehead atoms. The summed E-state index contributed by atoms with van der Waals surface area (Å²) in [4.78, 5) is 33.2. The lowest BCUT2D eigenvalue weighted by molar-refractivity contribution is -0.213.